The zero-order chi connectivity index (χ0) is 15.3. The third-order valence-corrected chi connectivity index (χ3v) is 2.74. The number of nitrogens with one attached hydrogen (secondary N) is 1. The second-order valence-corrected chi connectivity index (χ2v) is 4.30. The maximum Gasteiger partial charge on any atom is 0.216 e. The van der Waals surface area contributed by atoms with Gasteiger partial charge in [0, 0.05) is 19.0 Å². The molecule has 0 aromatic heterocycles. The number of aldehydes is 1. The van der Waals surface area contributed by atoms with Gasteiger partial charge in [-0.2, -0.15) is 0 Å². The van der Waals surface area contributed by atoms with E-state index in [2.05, 4.69) is 5.32 Å². The van der Waals surface area contributed by atoms with Gasteiger partial charge in [0.15, 0.2) is 6.29 Å². The van der Waals surface area contributed by atoms with Crippen molar-refractivity contribution in [2.75, 3.05) is 6.54 Å². The fourth-order valence-corrected chi connectivity index (χ4v) is 1.66. The lowest BCUT2D eigenvalue weighted by Crippen LogP contribution is -2.28. The van der Waals surface area contributed by atoms with Crippen molar-refractivity contribution >= 4 is 12.2 Å². The fourth-order valence-electron chi connectivity index (χ4n) is 1.66. The van der Waals surface area contributed by atoms with Crippen LogP contribution in [0.3, 0.4) is 0 Å². The van der Waals surface area contributed by atoms with Gasteiger partial charge in [-0.25, -0.2) is 8.78 Å². The molecule has 1 aromatic carbocycles. The summed E-state index contributed by atoms with van der Waals surface area (Å²) in [6.45, 7) is 1.38. The van der Waals surface area contributed by atoms with Crippen LogP contribution in [0.5, 0.6) is 0 Å². The molecule has 2 atom stereocenters. The number of carbonyl (C=O) groups excluding carboxylic acids is 2. The Bertz CT molecular complexity index is 507. The van der Waals surface area contributed by atoms with Crippen LogP contribution < -0.4 is 5.32 Å². The highest BCUT2D eigenvalue weighted by Crippen LogP contribution is 2.24. The van der Waals surface area contributed by atoms with Crippen LogP contribution in [0.15, 0.2) is 12.1 Å². The van der Waals surface area contributed by atoms with Crippen LogP contribution in [0.4, 0.5) is 8.78 Å². The first-order valence-electron chi connectivity index (χ1n) is 5.91. The maximum atomic E-state index is 13.6. The van der Waals surface area contributed by atoms with E-state index in [1.165, 1.54) is 6.92 Å². The van der Waals surface area contributed by atoms with Crippen LogP contribution in [0.1, 0.15) is 35.4 Å². The number of amides is 1. The first kappa shape index (κ1) is 16.2. The molecule has 1 aromatic rings. The first-order chi connectivity index (χ1) is 9.36. The van der Waals surface area contributed by atoms with E-state index in [0.717, 1.165) is 0 Å². The summed E-state index contributed by atoms with van der Waals surface area (Å²) in [7, 11) is 0. The summed E-state index contributed by atoms with van der Waals surface area (Å²) >= 11 is 0. The van der Waals surface area contributed by atoms with Gasteiger partial charge in [-0.1, -0.05) is 0 Å². The highest BCUT2D eigenvalue weighted by Gasteiger charge is 2.23. The number of aliphatic hydroxyl groups is 2. The standard InChI is InChI=1S/C13H15F2NO4/c1-7(18)16-3-2-12(19)13(20)9-5-10(14)8(6-17)4-11(9)15/h4-6,12-13,19-20H,2-3H2,1H3,(H,16,18). The van der Waals surface area contributed by atoms with Crippen molar-refractivity contribution in [3.63, 3.8) is 0 Å². The van der Waals surface area contributed by atoms with Crippen LogP contribution in [0.25, 0.3) is 0 Å². The van der Waals surface area contributed by atoms with Crippen molar-refractivity contribution in [3.8, 4) is 0 Å². The molecule has 0 saturated carbocycles. The third-order valence-electron chi connectivity index (χ3n) is 2.74. The van der Waals surface area contributed by atoms with E-state index in [9.17, 15) is 28.6 Å². The Hall–Kier alpha value is -1.86. The van der Waals surface area contributed by atoms with Crippen LogP contribution in [0.2, 0.25) is 0 Å². The van der Waals surface area contributed by atoms with Crippen molar-refractivity contribution in [2.45, 2.75) is 25.6 Å². The van der Waals surface area contributed by atoms with E-state index >= 15 is 0 Å². The smallest absolute Gasteiger partial charge is 0.216 e. The van der Waals surface area contributed by atoms with Crippen molar-refractivity contribution in [1.29, 1.82) is 0 Å². The molecule has 0 radical (unpaired) electrons. The van der Waals surface area contributed by atoms with Gasteiger partial charge in [-0.05, 0) is 18.6 Å². The second kappa shape index (κ2) is 7.06. The molecule has 0 aliphatic carbocycles. The molecule has 0 heterocycles. The molecule has 0 spiro atoms. The van der Waals surface area contributed by atoms with Gasteiger partial charge in [-0.15, -0.1) is 0 Å². The van der Waals surface area contributed by atoms with E-state index in [4.69, 9.17) is 0 Å². The normalized spacial score (nSPS) is 13.7. The molecular formula is C13H15F2NO4. The summed E-state index contributed by atoms with van der Waals surface area (Å²) in [6, 6.07) is 1.33. The molecule has 0 saturated heterocycles. The number of hydrogen-bond acceptors (Lipinski definition) is 4. The lowest BCUT2D eigenvalue weighted by molar-refractivity contribution is -0.119. The third kappa shape index (κ3) is 4.07. The molecule has 0 aliphatic heterocycles. The Morgan fingerprint density at radius 2 is 2.00 bits per heavy atom. The summed E-state index contributed by atoms with van der Waals surface area (Å²) in [5.74, 6) is -2.27. The summed E-state index contributed by atoms with van der Waals surface area (Å²) in [6.07, 6.45) is -2.91. The van der Waals surface area contributed by atoms with E-state index in [1.807, 2.05) is 0 Å². The molecule has 5 nitrogen and oxygen atoms in total. The summed E-state index contributed by atoms with van der Waals surface area (Å²) in [5, 5.41) is 21.8. The number of hydrogen-bond donors (Lipinski definition) is 3. The molecule has 0 bridgehead atoms. The van der Waals surface area contributed by atoms with Crippen molar-refractivity contribution in [2.24, 2.45) is 0 Å². The Morgan fingerprint density at radius 3 is 2.55 bits per heavy atom. The van der Waals surface area contributed by atoms with Crippen LogP contribution in [0, 0.1) is 11.6 Å². The maximum absolute atomic E-state index is 13.6. The number of aliphatic hydroxyl groups excluding tert-OH is 2. The van der Waals surface area contributed by atoms with Crippen molar-refractivity contribution in [3.05, 3.63) is 34.9 Å². The Kier molecular flexibility index (Phi) is 5.72. The van der Waals surface area contributed by atoms with Crippen LogP contribution in [-0.2, 0) is 4.79 Å². The molecule has 7 heteroatoms. The largest absolute Gasteiger partial charge is 0.390 e. The molecule has 1 amide bonds. The fraction of sp³-hybridized carbons (Fsp3) is 0.385. The minimum Gasteiger partial charge on any atom is -0.390 e. The minimum atomic E-state index is -1.65. The molecular weight excluding hydrogens is 272 g/mol. The summed E-state index contributed by atoms with van der Waals surface area (Å²) in [5.41, 5.74) is -0.908. The van der Waals surface area contributed by atoms with E-state index in [1.54, 1.807) is 0 Å². The first-order valence-corrected chi connectivity index (χ1v) is 5.91. The Morgan fingerprint density at radius 1 is 1.35 bits per heavy atom. The van der Waals surface area contributed by atoms with Gasteiger partial charge in [0.1, 0.15) is 17.7 Å². The topological polar surface area (TPSA) is 86.6 Å². The van der Waals surface area contributed by atoms with E-state index in [-0.39, 0.29) is 25.2 Å². The molecule has 0 fully saturated rings. The summed E-state index contributed by atoms with van der Waals surface area (Å²) < 4.78 is 27.0. The lowest BCUT2D eigenvalue weighted by Gasteiger charge is -2.19. The molecule has 20 heavy (non-hydrogen) atoms. The van der Waals surface area contributed by atoms with E-state index in [0.29, 0.717) is 12.1 Å². The molecule has 3 N–H and O–H groups in total. The second-order valence-electron chi connectivity index (χ2n) is 4.30. The van der Waals surface area contributed by atoms with Gasteiger partial charge in [-0.3, -0.25) is 9.59 Å². The lowest BCUT2D eigenvalue weighted by atomic mass is 10.00. The number of carbonyl (C=O) groups is 2. The number of halogens is 2. The van der Waals surface area contributed by atoms with Crippen molar-refractivity contribution in [1.82, 2.24) is 5.32 Å². The average Bonchev–Trinajstić information content (AvgIpc) is 2.39. The minimum absolute atomic E-state index is 0.0305. The van der Waals surface area contributed by atoms with Crippen molar-refractivity contribution < 1.29 is 28.6 Å². The average molecular weight is 287 g/mol. The zero-order valence-corrected chi connectivity index (χ0v) is 10.8. The number of rotatable bonds is 6. The molecule has 2 unspecified atom stereocenters. The van der Waals surface area contributed by atoms with Gasteiger partial charge in [0.05, 0.1) is 11.7 Å². The molecule has 1 rings (SSSR count). The van der Waals surface area contributed by atoms with Crippen LogP contribution >= 0.6 is 0 Å². The van der Waals surface area contributed by atoms with Gasteiger partial charge < -0.3 is 15.5 Å². The number of benzene rings is 1. The van der Waals surface area contributed by atoms with Gasteiger partial charge >= 0.3 is 0 Å². The van der Waals surface area contributed by atoms with Gasteiger partial charge in [0.25, 0.3) is 0 Å². The Balaban J connectivity index is 2.80. The highest BCUT2D eigenvalue weighted by molar-refractivity contribution is 5.75. The van der Waals surface area contributed by atoms with Gasteiger partial charge in [0.2, 0.25) is 5.91 Å². The Labute approximate surface area is 114 Å². The predicted molar refractivity (Wildman–Crippen MR) is 66.0 cm³/mol. The molecule has 110 valence electrons. The van der Waals surface area contributed by atoms with E-state index < -0.39 is 35.0 Å². The highest BCUT2D eigenvalue weighted by atomic mass is 19.1. The van der Waals surface area contributed by atoms with Crippen LogP contribution in [-0.4, -0.2) is 35.1 Å². The summed E-state index contributed by atoms with van der Waals surface area (Å²) in [4.78, 5) is 21.1. The zero-order valence-electron chi connectivity index (χ0n) is 10.8. The SMILES string of the molecule is CC(=O)NCCC(O)C(O)c1cc(F)c(C=O)cc1F. The predicted octanol–water partition coefficient (Wildman–Crippen LogP) is 0.698. The molecule has 0 aliphatic rings. The quantitative estimate of drug-likeness (QED) is 0.672. The monoisotopic (exact) mass is 287 g/mol.